The zero-order valence-electron chi connectivity index (χ0n) is 29.3. The van der Waals surface area contributed by atoms with Crippen LogP contribution in [0.3, 0.4) is 0 Å². The Morgan fingerprint density at radius 3 is 1.31 bits per heavy atom. The lowest BCUT2D eigenvalue weighted by molar-refractivity contribution is -0.364. The predicted molar refractivity (Wildman–Crippen MR) is 163 cm³/mol. The third kappa shape index (κ3) is 10.7. The van der Waals surface area contributed by atoms with Crippen molar-refractivity contribution in [1.29, 1.82) is 0 Å². The average Bonchev–Trinajstić information content (AvgIpc) is 3.63. The number of allylic oxidation sites excluding steroid dienone is 1. The molecule has 0 aromatic rings. The Bertz CT molecular complexity index is 1360. The molecule has 4 rings (SSSR count). The number of fused-ring (bicyclic) bond motifs is 2. The van der Waals surface area contributed by atoms with E-state index in [2.05, 4.69) is 6.08 Å². The van der Waals surface area contributed by atoms with E-state index in [-0.39, 0.29) is 17.9 Å². The van der Waals surface area contributed by atoms with Crippen molar-refractivity contribution in [3.63, 3.8) is 0 Å². The van der Waals surface area contributed by atoms with Crippen LogP contribution in [0.15, 0.2) is 12.2 Å². The molecule has 2 saturated heterocycles. The predicted octanol–water partition coefficient (Wildman–Crippen LogP) is 0.587. The zero-order chi connectivity index (χ0) is 37.6. The molecule has 0 amide bonds. The highest BCUT2D eigenvalue weighted by Crippen LogP contribution is 2.43. The second-order valence-electron chi connectivity index (χ2n) is 12.6. The standard InChI is InChI=1S/C33H44O18/c1-14(34)41-12-24-26(43-16(3)36)28(44-17(4)37)31(47-20(7)40)33(50-24)51-27-25(13-42-15(2)35)49-32(48-23-11-21-8-9-22(23)10-21)30(46-19(6)39)29(27)45-18(5)38/h8-9,21-33H,10-13H2,1-7H3/t21?,22?,23?,24-,25-,26-,27-,28+,29+,30-,31-,32?,33+/m1/s1. The van der Waals surface area contributed by atoms with Crippen LogP contribution >= 0.6 is 0 Å². The van der Waals surface area contributed by atoms with Gasteiger partial charge in [0.25, 0.3) is 0 Å². The summed E-state index contributed by atoms with van der Waals surface area (Å²) in [7, 11) is 0. The summed E-state index contributed by atoms with van der Waals surface area (Å²) in [4.78, 5) is 85.7. The van der Waals surface area contributed by atoms with Crippen LogP contribution < -0.4 is 0 Å². The summed E-state index contributed by atoms with van der Waals surface area (Å²) in [6, 6.07) is 0. The first-order valence-corrected chi connectivity index (χ1v) is 16.4. The highest BCUT2D eigenvalue weighted by atomic mass is 16.8. The van der Waals surface area contributed by atoms with Crippen LogP contribution in [-0.4, -0.2) is 123 Å². The van der Waals surface area contributed by atoms with E-state index in [9.17, 15) is 33.6 Å². The van der Waals surface area contributed by atoms with Gasteiger partial charge in [-0.3, -0.25) is 33.6 Å². The average molecular weight is 729 g/mol. The molecular weight excluding hydrogens is 684 g/mol. The Labute approximate surface area is 293 Å². The molecule has 4 aliphatic rings. The largest absolute Gasteiger partial charge is 0.463 e. The van der Waals surface area contributed by atoms with Gasteiger partial charge in [0.15, 0.2) is 43.1 Å². The van der Waals surface area contributed by atoms with Gasteiger partial charge in [-0.15, -0.1) is 0 Å². The summed E-state index contributed by atoms with van der Waals surface area (Å²) in [5, 5.41) is 0. The van der Waals surface area contributed by atoms with Crippen molar-refractivity contribution >= 4 is 41.8 Å². The molecular formula is C33H44O18. The monoisotopic (exact) mass is 728 g/mol. The molecule has 3 fully saturated rings. The Hall–Kier alpha value is -4.13. The molecule has 0 aromatic heterocycles. The number of rotatable bonds is 13. The van der Waals surface area contributed by atoms with Crippen LogP contribution in [0.2, 0.25) is 0 Å². The van der Waals surface area contributed by atoms with Gasteiger partial charge in [0.2, 0.25) is 0 Å². The van der Waals surface area contributed by atoms with Gasteiger partial charge in [0.05, 0.1) is 6.10 Å². The fraction of sp³-hybridized carbons (Fsp3) is 0.727. The molecule has 0 aromatic carbocycles. The summed E-state index contributed by atoms with van der Waals surface area (Å²) in [6.45, 7) is 6.63. The minimum atomic E-state index is -1.76. The first-order chi connectivity index (χ1) is 24.0. The summed E-state index contributed by atoms with van der Waals surface area (Å²) in [6.07, 6.45) is -9.74. The van der Waals surface area contributed by atoms with E-state index >= 15 is 0 Å². The van der Waals surface area contributed by atoms with Gasteiger partial charge in [-0.1, -0.05) is 12.2 Å². The lowest BCUT2D eigenvalue weighted by Crippen LogP contribution is -2.67. The first kappa shape index (κ1) is 39.7. The van der Waals surface area contributed by atoms with Gasteiger partial charge in [-0.25, -0.2) is 0 Å². The minimum absolute atomic E-state index is 0.0577. The van der Waals surface area contributed by atoms with Gasteiger partial charge in [0.1, 0.15) is 31.5 Å². The van der Waals surface area contributed by atoms with E-state index in [1.54, 1.807) is 0 Å². The Morgan fingerprint density at radius 2 is 0.902 bits per heavy atom. The number of esters is 7. The summed E-state index contributed by atoms with van der Waals surface area (Å²) < 4.78 is 63.2. The molecule has 0 spiro atoms. The van der Waals surface area contributed by atoms with Gasteiger partial charge >= 0.3 is 41.8 Å². The third-order valence-corrected chi connectivity index (χ3v) is 8.41. The lowest BCUT2D eigenvalue weighted by Gasteiger charge is -2.49. The maximum atomic E-state index is 12.6. The maximum absolute atomic E-state index is 12.6. The molecule has 2 bridgehead atoms. The zero-order valence-corrected chi connectivity index (χ0v) is 29.3. The number of carbonyl (C=O) groups excluding carboxylic acids is 7. The summed E-state index contributed by atoms with van der Waals surface area (Å²) in [5.74, 6) is -5.32. The smallest absolute Gasteiger partial charge is 0.303 e. The third-order valence-electron chi connectivity index (χ3n) is 8.41. The topological polar surface area (TPSA) is 221 Å². The highest BCUT2D eigenvalue weighted by molar-refractivity contribution is 5.69. The van der Waals surface area contributed by atoms with Crippen molar-refractivity contribution in [2.45, 2.75) is 129 Å². The highest BCUT2D eigenvalue weighted by Gasteiger charge is 2.58. The van der Waals surface area contributed by atoms with Crippen molar-refractivity contribution in [2.24, 2.45) is 11.8 Å². The van der Waals surface area contributed by atoms with Crippen molar-refractivity contribution in [1.82, 2.24) is 0 Å². The second-order valence-corrected chi connectivity index (χ2v) is 12.6. The number of hydrogen-bond donors (Lipinski definition) is 0. The van der Waals surface area contributed by atoms with Gasteiger partial charge in [0, 0.05) is 54.4 Å². The second kappa shape index (κ2) is 17.4. The van der Waals surface area contributed by atoms with E-state index < -0.39 is 116 Å². The maximum Gasteiger partial charge on any atom is 0.303 e. The van der Waals surface area contributed by atoms with Gasteiger partial charge < -0.3 is 52.1 Å². The first-order valence-electron chi connectivity index (χ1n) is 16.4. The molecule has 0 radical (unpaired) electrons. The minimum Gasteiger partial charge on any atom is -0.463 e. The van der Waals surface area contributed by atoms with E-state index in [1.165, 1.54) is 0 Å². The Morgan fingerprint density at radius 1 is 0.490 bits per heavy atom. The molecule has 13 atom stereocenters. The quantitative estimate of drug-likeness (QED) is 0.144. The lowest BCUT2D eigenvalue weighted by atomic mass is 9.95. The molecule has 18 heteroatoms. The van der Waals surface area contributed by atoms with E-state index in [4.69, 9.17) is 52.1 Å². The Balaban J connectivity index is 1.77. The van der Waals surface area contributed by atoms with Gasteiger partial charge in [-0.2, -0.15) is 0 Å². The number of carbonyl (C=O) groups is 7. The molecule has 2 heterocycles. The molecule has 2 aliphatic carbocycles. The van der Waals surface area contributed by atoms with Crippen molar-refractivity contribution in [3.8, 4) is 0 Å². The molecule has 4 unspecified atom stereocenters. The summed E-state index contributed by atoms with van der Waals surface area (Å²) >= 11 is 0. The van der Waals surface area contributed by atoms with Crippen LogP contribution in [0.1, 0.15) is 61.3 Å². The normalized spacial score (nSPS) is 35.2. The molecule has 1 saturated carbocycles. The summed E-state index contributed by atoms with van der Waals surface area (Å²) in [5.41, 5.74) is 0. The molecule has 2 aliphatic heterocycles. The van der Waals surface area contributed by atoms with Crippen molar-refractivity contribution in [3.05, 3.63) is 12.2 Å². The SMILES string of the molecule is CC(=O)OC[C@H]1O[C@@H](O[C@H]2[C@H](OC(C)=O)[C@@H](OC(C)=O)C(OC3CC4C=CC3C4)O[C@@H]2COC(C)=O)[C@H](OC(C)=O)[C@@H](OC(C)=O)[C@@H]1OC(C)=O. The van der Waals surface area contributed by atoms with Crippen LogP contribution in [-0.2, 0) is 85.7 Å². The van der Waals surface area contributed by atoms with E-state index in [0.29, 0.717) is 6.42 Å². The molecule has 51 heavy (non-hydrogen) atoms. The Kier molecular flexibility index (Phi) is 13.5. The molecule has 18 nitrogen and oxygen atoms in total. The van der Waals surface area contributed by atoms with Crippen LogP contribution in [0.25, 0.3) is 0 Å². The van der Waals surface area contributed by atoms with Gasteiger partial charge in [-0.05, 0) is 18.8 Å². The number of hydrogen-bond acceptors (Lipinski definition) is 18. The fourth-order valence-electron chi connectivity index (χ4n) is 6.64. The molecule has 284 valence electrons. The fourth-order valence-corrected chi connectivity index (χ4v) is 6.64. The van der Waals surface area contributed by atoms with E-state index in [0.717, 1.165) is 54.9 Å². The van der Waals surface area contributed by atoms with E-state index in [1.807, 2.05) is 6.08 Å². The number of ether oxygens (including phenoxy) is 11. The van der Waals surface area contributed by atoms with Crippen LogP contribution in [0.4, 0.5) is 0 Å². The van der Waals surface area contributed by atoms with Crippen LogP contribution in [0, 0.1) is 11.8 Å². The molecule has 0 N–H and O–H groups in total. The van der Waals surface area contributed by atoms with Crippen molar-refractivity contribution < 1.29 is 85.7 Å². The van der Waals surface area contributed by atoms with Crippen LogP contribution in [0.5, 0.6) is 0 Å². The van der Waals surface area contributed by atoms with Crippen molar-refractivity contribution in [2.75, 3.05) is 13.2 Å².